The number of aliphatic hydroxyl groups is 1. The highest BCUT2D eigenvalue weighted by atomic mass is 16.3. The number of rotatable bonds is 6. The second kappa shape index (κ2) is 8.86. The standard InChI is InChI=1S/C10H21NO2.C2H6/c1-4-6-7-8(5-2)9(12)10(3,11)13;1-2/h8,13H,4-7,11H2,1-3H3;1-2H3/t8-,10?;/m0./s1. The van der Waals surface area contributed by atoms with E-state index in [4.69, 9.17) is 5.73 Å². The third kappa shape index (κ3) is 7.51. The topological polar surface area (TPSA) is 63.3 Å². The van der Waals surface area contributed by atoms with Crippen molar-refractivity contribution in [2.75, 3.05) is 0 Å². The third-order valence-corrected chi connectivity index (χ3v) is 2.27. The lowest BCUT2D eigenvalue weighted by Crippen LogP contribution is -2.47. The summed E-state index contributed by atoms with van der Waals surface area (Å²) in [5.41, 5.74) is 3.67. The van der Waals surface area contributed by atoms with Gasteiger partial charge in [-0.2, -0.15) is 0 Å². The van der Waals surface area contributed by atoms with Crippen molar-refractivity contribution in [3.63, 3.8) is 0 Å². The van der Waals surface area contributed by atoms with Crippen molar-refractivity contribution in [1.82, 2.24) is 0 Å². The quantitative estimate of drug-likeness (QED) is 0.672. The van der Waals surface area contributed by atoms with Crippen LogP contribution >= 0.6 is 0 Å². The van der Waals surface area contributed by atoms with Crippen molar-refractivity contribution in [3.05, 3.63) is 0 Å². The lowest BCUT2D eigenvalue weighted by Gasteiger charge is -2.22. The van der Waals surface area contributed by atoms with E-state index in [-0.39, 0.29) is 11.7 Å². The van der Waals surface area contributed by atoms with E-state index in [1.165, 1.54) is 6.92 Å². The van der Waals surface area contributed by atoms with E-state index in [2.05, 4.69) is 6.92 Å². The van der Waals surface area contributed by atoms with Gasteiger partial charge in [0.2, 0.25) is 0 Å². The molecule has 15 heavy (non-hydrogen) atoms. The highest BCUT2D eigenvalue weighted by molar-refractivity contribution is 5.88. The number of nitrogens with two attached hydrogens (primary N) is 1. The fourth-order valence-electron chi connectivity index (χ4n) is 1.38. The number of unbranched alkanes of at least 4 members (excludes halogenated alkanes) is 1. The third-order valence-electron chi connectivity index (χ3n) is 2.27. The Morgan fingerprint density at radius 1 is 1.40 bits per heavy atom. The Labute approximate surface area is 94.1 Å². The molecule has 0 aliphatic heterocycles. The number of carbonyl (C=O) groups is 1. The SMILES string of the molecule is CC.CCCC[C@H](CC)C(=O)C(C)(N)O. The van der Waals surface area contributed by atoms with Crippen LogP contribution in [0.25, 0.3) is 0 Å². The Kier molecular flexibility index (Phi) is 10.0. The van der Waals surface area contributed by atoms with Crippen LogP contribution in [0.15, 0.2) is 0 Å². The summed E-state index contributed by atoms with van der Waals surface area (Å²) in [6, 6.07) is 0. The molecule has 0 fully saturated rings. The maximum absolute atomic E-state index is 11.5. The maximum atomic E-state index is 11.5. The summed E-state index contributed by atoms with van der Waals surface area (Å²) in [6.07, 6.45) is 3.67. The second-order valence-electron chi connectivity index (χ2n) is 3.76. The van der Waals surface area contributed by atoms with Crippen LogP contribution in [0.5, 0.6) is 0 Å². The molecule has 0 amide bonds. The molecular formula is C12H27NO2. The van der Waals surface area contributed by atoms with Crippen molar-refractivity contribution < 1.29 is 9.90 Å². The highest BCUT2D eigenvalue weighted by Crippen LogP contribution is 2.17. The molecule has 0 aromatic rings. The molecule has 0 aromatic carbocycles. The Hall–Kier alpha value is -0.410. The molecule has 0 heterocycles. The minimum absolute atomic E-state index is 0.0834. The molecular weight excluding hydrogens is 190 g/mol. The molecule has 0 rings (SSSR count). The Balaban J connectivity index is 0. The fourth-order valence-corrected chi connectivity index (χ4v) is 1.38. The summed E-state index contributed by atoms with van der Waals surface area (Å²) in [5.74, 6) is -0.316. The van der Waals surface area contributed by atoms with Gasteiger partial charge >= 0.3 is 0 Å². The number of hydrogen-bond donors (Lipinski definition) is 2. The van der Waals surface area contributed by atoms with E-state index in [0.717, 1.165) is 25.7 Å². The number of carbonyl (C=O) groups excluding carboxylic acids is 1. The summed E-state index contributed by atoms with van der Waals surface area (Å²) >= 11 is 0. The van der Waals surface area contributed by atoms with Crippen molar-refractivity contribution in [2.24, 2.45) is 11.7 Å². The molecule has 0 aliphatic carbocycles. The van der Waals surface area contributed by atoms with Crippen LogP contribution in [0, 0.1) is 5.92 Å². The van der Waals surface area contributed by atoms with Crippen molar-refractivity contribution >= 4 is 5.78 Å². The van der Waals surface area contributed by atoms with E-state index >= 15 is 0 Å². The second-order valence-corrected chi connectivity index (χ2v) is 3.76. The lowest BCUT2D eigenvalue weighted by atomic mass is 9.90. The van der Waals surface area contributed by atoms with Gasteiger partial charge in [0, 0.05) is 5.92 Å². The zero-order chi connectivity index (χ0) is 12.5. The van der Waals surface area contributed by atoms with Crippen LogP contribution in [0.4, 0.5) is 0 Å². The molecule has 0 aromatic heterocycles. The van der Waals surface area contributed by atoms with Gasteiger partial charge in [0.25, 0.3) is 0 Å². The van der Waals surface area contributed by atoms with Gasteiger partial charge in [-0.3, -0.25) is 10.5 Å². The minimum atomic E-state index is -1.66. The van der Waals surface area contributed by atoms with Crippen LogP contribution in [0.1, 0.15) is 60.3 Å². The Morgan fingerprint density at radius 2 is 1.87 bits per heavy atom. The van der Waals surface area contributed by atoms with Gasteiger partial charge in [0.05, 0.1) is 0 Å². The summed E-state index contributed by atoms with van der Waals surface area (Å²) < 4.78 is 0. The van der Waals surface area contributed by atoms with Gasteiger partial charge in [-0.15, -0.1) is 0 Å². The van der Waals surface area contributed by atoms with Gasteiger partial charge in [-0.1, -0.05) is 40.5 Å². The molecule has 0 radical (unpaired) electrons. The Bertz CT molecular complexity index is 161. The van der Waals surface area contributed by atoms with Crippen molar-refractivity contribution in [1.29, 1.82) is 0 Å². The largest absolute Gasteiger partial charge is 0.369 e. The summed E-state index contributed by atoms with van der Waals surface area (Å²) in [6.45, 7) is 9.38. The Morgan fingerprint density at radius 3 is 2.13 bits per heavy atom. The maximum Gasteiger partial charge on any atom is 0.181 e. The van der Waals surface area contributed by atoms with Gasteiger partial charge < -0.3 is 5.11 Å². The first-order valence-electron chi connectivity index (χ1n) is 5.99. The van der Waals surface area contributed by atoms with E-state index in [1.807, 2.05) is 20.8 Å². The number of Topliss-reactive ketones (excluding diaryl/α,β-unsaturated/α-hetero) is 1. The molecule has 1 unspecified atom stereocenters. The highest BCUT2D eigenvalue weighted by Gasteiger charge is 2.30. The predicted octanol–water partition coefficient (Wildman–Crippen LogP) is 2.47. The first-order chi connectivity index (χ1) is 6.93. The van der Waals surface area contributed by atoms with E-state index in [1.54, 1.807) is 0 Å². The van der Waals surface area contributed by atoms with E-state index < -0.39 is 5.72 Å². The van der Waals surface area contributed by atoms with Crippen LogP contribution in [-0.2, 0) is 4.79 Å². The number of hydrogen-bond acceptors (Lipinski definition) is 3. The molecule has 92 valence electrons. The van der Waals surface area contributed by atoms with E-state index in [9.17, 15) is 9.90 Å². The summed E-state index contributed by atoms with van der Waals surface area (Å²) in [4.78, 5) is 11.5. The van der Waals surface area contributed by atoms with Crippen molar-refractivity contribution in [2.45, 2.75) is 66.0 Å². The molecule has 3 N–H and O–H groups in total. The monoisotopic (exact) mass is 217 g/mol. The number of ketones is 1. The van der Waals surface area contributed by atoms with Crippen molar-refractivity contribution in [3.8, 4) is 0 Å². The molecule has 0 spiro atoms. The zero-order valence-electron chi connectivity index (χ0n) is 10.8. The van der Waals surface area contributed by atoms with Gasteiger partial charge in [-0.05, 0) is 19.8 Å². The van der Waals surface area contributed by atoms with Crippen LogP contribution in [0.2, 0.25) is 0 Å². The minimum Gasteiger partial charge on any atom is -0.369 e. The lowest BCUT2D eigenvalue weighted by molar-refractivity contribution is -0.139. The molecule has 0 saturated carbocycles. The van der Waals surface area contributed by atoms with Crippen LogP contribution in [0.3, 0.4) is 0 Å². The summed E-state index contributed by atoms with van der Waals surface area (Å²) in [7, 11) is 0. The van der Waals surface area contributed by atoms with E-state index in [0.29, 0.717) is 0 Å². The molecule has 3 heteroatoms. The predicted molar refractivity (Wildman–Crippen MR) is 64.5 cm³/mol. The average Bonchev–Trinajstić information content (AvgIpc) is 2.20. The molecule has 3 nitrogen and oxygen atoms in total. The van der Waals surface area contributed by atoms with Gasteiger partial charge in [-0.25, -0.2) is 0 Å². The molecule has 2 atom stereocenters. The fraction of sp³-hybridized carbons (Fsp3) is 0.917. The first kappa shape index (κ1) is 17.0. The molecule has 0 bridgehead atoms. The molecule has 0 aliphatic rings. The van der Waals surface area contributed by atoms with Gasteiger partial charge in [0.1, 0.15) is 0 Å². The normalized spacial score (nSPS) is 15.9. The zero-order valence-corrected chi connectivity index (χ0v) is 10.8. The molecule has 0 saturated heterocycles. The first-order valence-corrected chi connectivity index (χ1v) is 5.99. The van der Waals surface area contributed by atoms with Gasteiger partial charge in [0.15, 0.2) is 11.5 Å². The van der Waals surface area contributed by atoms with Crippen LogP contribution < -0.4 is 5.73 Å². The van der Waals surface area contributed by atoms with Crippen LogP contribution in [-0.4, -0.2) is 16.6 Å². The smallest absolute Gasteiger partial charge is 0.181 e. The summed E-state index contributed by atoms with van der Waals surface area (Å²) in [5, 5.41) is 9.32. The average molecular weight is 217 g/mol.